The van der Waals surface area contributed by atoms with Crippen LogP contribution in [0.3, 0.4) is 0 Å². The third-order valence-electron chi connectivity index (χ3n) is 2.19. The van der Waals surface area contributed by atoms with Gasteiger partial charge in [0.05, 0.1) is 13.0 Å². The maximum absolute atomic E-state index is 11.8. The number of amides is 1. The Labute approximate surface area is 100 Å². The van der Waals surface area contributed by atoms with Crippen LogP contribution in [0.5, 0.6) is 0 Å². The molecule has 0 unspecified atom stereocenters. The van der Waals surface area contributed by atoms with E-state index >= 15 is 0 Å². The predicted molar refractivity (Wildman–Crippen MR) is 62.4 cm³/mol. The number of pyridine rings is 1. The molecule has 0 saturated carbocycles. The Morgan fingerprint density at radius 2 is 2.18 bits per heavy atom. The Bertz CT molecular complexity index is 379. The molecule has 1 rings (SSSR count). The lowest BCUT2D eigenvalue weighted by atomic mass is 10.3. The fraction of sp³-hybridized carbons (Fsp3) is 0.417. The zero-order chi connectivity index (χ0) is 12.7. The lowest BCUT2D eigenvalue weighted by Gasteiger charge is -2.15. The molecule has 92 valence electrons. The van der Waals surface area contributed by atoms with Crippen molar-refractivity contribution in [2.45, 2.75) is 13.3 Å². The summed E-state index contributed by atoms with van der Waals surface area (Å²) in [6.07, 6.45) is 1.76. The molecular weight excluding hydrogens is 220 g/mol. The predicted octanol–water partition coefficient (Wildman–Crippen LogP) is 1.11. The average molecular weight is 236 g/mol. The number of aromatic nitrogens is 1. The third kappa shape index (κ3) is 4.22. The van der Waals surface area contributed by atoms with Gasteiger partial charge in [-0.1, -0.05) is 6.07 Å². The highest BCUT2D eigenvalue weighted by molar-refractivity contribution is 5.92. The maximum atomic E-state index is 11.8. The number of nitrogens with zero attached hydrogens (tertiary/aromatic N) is 2. The van der Waals surface area contributed by atoms with Crippen LogP contribution in [0.15, 0.2) is 24.4 Å². The van der Waals surface area contributed by atoms with Crippen LogP contribution in [0.1, 0.15) is 23.8 Å². The second kappa shape index (κ2) is 6.62. The number of carbonyl (C=O) groups is 2. The summed E-state index contributed by atoms with van der Waals surface area (Å²) in [6.45, 7) is 2.44. The van der Waals surface area contributed by atoms with E-state index in [1.165, 1.54) is 4.90 Å². The second-order valence-electron chi connectivity index (χ2n) is 3.50. The van der Waals surface area contributed by atoms with E-state index in [1.807, 2.05) is 0 Å². The van der Waals surface area contributed by atoms with Crippen LogP contribution in [-0.4, -0.2) is 42.0 Å². The van der Waals surface area contributed by atoms with Crippen LogP contribution in [0.4, 0.5) is 0 Å². The minimum atomic E-state index is -0.298. The summed E-state index contributed by atoms with van der Waals surface area (Å²) >= 11 is 0. The number of hydrogen-bond donors (Lipinski definition) is 0. The molecule has 1 amide bonds. The molecule has 5 nitrogen and oxygen atoms in total. The summed E-state index contributed by atoms with van der Waals surface area (Å²) in [4.78, 5) is 28.4. The molecule has 5 heteroatoms. The monoisotopic (exact) mass is 236 g/mol. The van der Waals surface area contributed by atoms with E-state index in [2.05, 4.69) is 4.98 Å². The van der Waals surface area contributed by atoms with Crippen LogP contribution in [0.2, 0.25) is 0 Å². The Hall–Kier alpha value is -1.91. The van der Waals surface area contributed by atoms with Gasteiger partial charge >= 0.3 is 5.97 Å². The summed E-state index contributed by atoms with van der Waals surface area (Å²) in [5.74, 6) is -0.497. The molecule has 1 aromatic heterocycles. The second-order valence-corrected chi connectivity index (χ2v) is 3.50. The van der Waals surface area contributed by atoms with Crippen LogP contribution in [0, 0.1) is 0 Å². The first-order chi connectivity index (χ1) is 8.15. The van der Waals surface area contributed by atoms with Crippen LogP contribution in [-0.2, 0) is 9.53 Å². The van der Waals surface area contributed by atoms with E-state index in [9.17, 15) is 9.59 Å². The van der Waals surface area contributed by atoms with Crippen LogP contribution in [0.25, 0.3) is 0 Å². The highest BCUT2D eigenvalue weighted by Gasteiger charge is 2.13. The summed E-state index contributed by atoms with van der Waals surface area (Å²) in [5, 5.41) is 0. The Morgan fingerprint density at radius 3 is 2.76 bits per heavy atom. The van der Waals surface area contributed by atoms with Gasteiger partial charge in [0.1, 0.15) is 5.69 Å². The van der Waals surface area contributed by atoms with Gasteiger partial charge in [-0.3, -0.25) is 14.6 Å². The first-order valence-electron chi connectivity index (χ1n) is 5.47. The van der Waals surface area contributed by atoms with E-state index in [0.29, 0.717) is 18.8 Å². The Morgan fingerprint density at radius 1 is 1.41 bits per heavy atom. The number of ether oxygens (including phenoxy) is 1. The van der Waals surface area contributed by atoms with Gasteiger partial charge in [-0.25, -0.2) is 0 Å². The van der Waals surface area contributed by atoms with E-state index < -0.39 is 0 Å². The van der Waals surface area contributed by atoms with Crippen molar-refractivity contribution in [1.82, 2.24) is 9.88 Å². The fourth-order valence-electron chi connectivity index (χ4n) is 1.28. The Balaban J connectivity index is 2.45. The number of esters is 1. The van der Waals surface area contributed by atoms with Crippen molar-refractivity contribution in [3.63, 3.8) is 0 Å². The molecule has 0 saturated heterocycles. The SMILES string of the molecule is CCOC(=O)CCN(C)C(=O)c1ccccn1. The molecule has 0 spiro atoms. The molecular formula is C12H16N2O3. The van der Waals surface area contributed by atoms with E-state index in [4.69, 9.17) is 4.74 Å². The highest BCUT2D eigenvalue weighted by Crippen LogP contribution is 2.00. The van der Waals surface area contributed by atoms with Gasteiger partial charge in [-0.05, 0) is 19.1 Å². The fourth-order valence-corrected chi connectivity index (χ4v) is 1.28. The summed E-state index contributed by atoms with van der Waals surface area (Å²) in [5.41, 5.74) is 0.374. The highest BCUT2D eigenvalue weighted by atomic mass is 16.5. The maximum Gasteiger partial charge on any atom is 0.307 e. The Kier molecular flexibility index (Phi) is 5.13. The van der Waals surface area contributed by atoms with Crippen LogP contribution < -0.4 is 0 Å². The number of rotatable bonds is 5. The van der Waals surface area contributed by atoms with E-state index in [-0.39, 0.29) is 18.3 Å². The third-order valence-corrected chi connectivity index (χ3v) is 2.19. The molecule has 17 heavy (non-hydrogen) atoms. The summed E-state index contributed by atoms with van der Waals surface area (Å²) in [7, 11) is 1.64. The van der Waals surface area contributed by atoms with E-state index in [1.54, 1.807) is 38.4 Å². The van der Waals surface area contributed by atoms with Gasteiger partial charge < -0.3 is 9.64 Å². The average Bonchev–Trinajstić information content (AvgIpc) is 2.36. The van der Waals surface area contributed by atoms with E-state index in [0.717, 1.165) is 0 Å². The van der Waals surface area contributed by atoms with Gasteiger partial charge in [0.25, 0.3) is 5.91 Å². The van der Waals surface area contributed by atoms with Crippen molar-refractivity contribution in [3.05, 3.63) is 30.1 Å². The molecule has 0 atom stereocenters. The lowest BCUT2D eigenvalue weighted by Crippen LogP contribution is -2.30. The number of carbonyl (C=O) groups excluding carboxylic acids is 2. The van der Waals surface area contributed by atoms with Crippen molar-refractivity contribution in [2.75, 3.05) is 20.2 Å². The van der Waals surface area contributed by atoms with Gasteiger partial charge in [0.15, 0.2) is 0 Å². The van der Waals surface area contributed by atoms with Crippen LogP contribution >= 0.6 is 0 Å². The summed E-state index contributed by atoms with van der Waals surface area (Å²) < 4.78 is 4.79. The zero-order valence-electron chi connectivity index (χ0n) is 10.0. The molecule has 0 aliphatic carbocycles. The molecule has 1 heterocycles. The smallest absolute Gasteiger partial charge is 0.307 e. The molecule has 0 aromatic carbocycles. The first kappa shape index (κ1) is 13.2. The minimum Gasteiger partial charge on any atom is -0.466 e. The molecule has 0 N–H and O–H groups in total. The standard InChI is InChI=1S/C12H16N2O3/c1-3-17-11(15)7-9-14(2)12(16)10-6-4-5-8-13-10/h4-6,8H,3,7,9H2,1-2H3. The quantitative estimate of drug-likeness (QED) is 0.718. The molecule has 0 fully saturated rings. The molecule has 0 radical (unpaired) electrons. The normalized spacial score (nSPS) is 9.76. The van der Waals surface area contributed by atoms with Crippen molar-refractivity contribution in [1.29, 1.82) is 0 Å². The molecule has 0 aliphatic heterocycles. The minimum absolute atomic E-state index is 0.197. The molecule has 0 aliphatic rings. The van der Waals surface area contributed by atoms with Crippen molar-refractivity contribution >= 4 is 11.9 Å². The molecule has 1 aromatic rings. The van der Waals surface area contributed by atoms with Gasteiger partial charge in [-0.2, -0.15) is 0 Å². The van der Waals surface area contributed by atoms with Crippen molar-refractivity contribution < 1.29 is 14.3 Å². The van der Waals surface area contributed by atoms with Gasteiger partial charge in [0.2, 0.25) is 0 Å². The lowest BCUT2D eigenvalue weighted by molar-refractivity contribution is -0.143. The van der Waals surface area contributed by atoms with Crippen molar-refractivity contribution in [2.24, 2.45) is 0 Å². The van der Waals surface area contributed by atoms with Gasteiger partial charge in [0, 0.05) is 19.8 Å². The first-order valence-corrected chi connectivity index (χ1v) is 5.47. The largest absolute Gasteiger partial charge is 0.466 e. The van der Waals surface area contributed by atoms with Gasteiger partial charge in [-0.15, -0.1) is 0 Å². The number of hydrogen-bond acceptors (Lipinski definition) is 4. The molecule has 0 bridgehead atoms. The summed E-state index contributed by atoms with van der Waals surface area (Å²) in [6, 6.07) is 5.14. The zero-order valence-corrected chi connectivity index (χ0v) is 10.0. The van der Waals surface area contributed by atoms with Crippen molar-refractivity contribution in [3.8, 4) is 0 Å². The topological polar surface area (TPSA) is 59.5 Å².